The smallest absolute Gasteiger partial charge is 0.371 e. The van der Waals surface area contributed by atoms with Gasteiger partial charge in [0.1, 0.15) is 16.8 Å². The summed E-state index contributed by atoms with van der Waals surface area (Å²) in [5, 5.41) is 2.18. The molecule has 4 heteroatoms. The largest absolute Gasteiger partial charge is 0.467 e. The SMILES string of the molecule is c1ccc(B2c3oc4ccccc4c3-c3oc4ccccc4c3N2c2ccccc2)cc1. The van der Waals surface area contributed by atoms with Crippen LogP contribution >= 0.6 is 0 Å². The quantitative estimate of drug-likeness (QED) is 0.322. The van der Waals surface area contributed by atoms with Crippen molar-refractivity contribution in [2.45, 2.75) is 0 Å². The number of anilines is 2. The van der Waals surface area contributed by atoms with Crippen LogP contribution in [0.1, 0.15) is 0 Å². The number of hydrogen-bond acceptors (Lipinski definition) is 3. The van der Waals surface area contributed by atoms with Crippen LogP contribution in [-0.4, -0.2) is 6.85 Å². The fourth-order valence-corrected chi connectivity index (χ4v) is 4.98. The van der Waals surface area contributed by atoms with Crippen molar-refractivity contribution in [2.75, 3.05) is 4.81 Å². The van der Waals surface area contributed by atoms with E-state index in [-0.39, 0.29) is 6.85 Å². The van der Waals surface area contributed by atoms with E-state index >= 15 is 0 Å². The molecule has 150 valence electrons. The summed E-state index contributed by atoms with van der Waals surface area (Å²) in [4.78, 5) is 2.36. The van der Waals surface area contributed by atoms with Crippen molar-refractivity contribution in [1.82, 2.24) is 0 Å². The number of hydrogen-bond donors (Lipinski definition) is 0. The van der Waals surface area contributed by atoms with Gasteiger partial charge in [-0.1, -0.05) is 78.9 Å². The third kappa shape index (κ3) is 2.38. The average molecular weight is 411 g/mol. The third-order valence-corrected chi connectivity index (χ3v) is 6.32. The van der Waals surface area contributed by atoms with Crippen LogP contribution in [0.3, 0.4) is 0 Å². The summed E-state index contributed by atoms with van der Waals surface area (Å²) in [5.41, 5.74) is 7.07. The topological polar surface area (TPSA) is 29.5 Å². The molecule has 0 bridgehead atoms. The molecule has 2 aromatic heterocycles. The Morgan fingerprint density at radius 3 is 1.91 bits per heavy atom. The molecule has 0 spiro atoms. The second kappa shape index (κ2) is 6.66. The molecule has 0 N–H and O–H groups in total. The molecule has 0 aliphatic carbocycles. The summed E-state index contributed by atoms with van der Waals surface area (Å²) in [6.45, 7) is -0.116. The van der Waals surface area contributed by atoms with Crippen LogP contribution in [0.4, 0.5) is 11.4 Å². The molecule has 6 aromatic rings. The van der Waals surface area contributed by atoms with Gasteiger partial charge in [0.25, 0.3) is 0 Å². The number of nitrogens with zero attached hydrogens (tertiary/aromatic N) is 1. The van der Waals surface area contributed by atoms with Gasteiger partial charge in [-0.15, -0.1) is 0 Å². The Labute approximate surface area is 185 Å². The van der Waals surface area contributed by atoms with E-state index in [1.54, 1.807) is 0 Å². The minimum Gasteiger partial charge on any atom is -0.467 e. The molecule has 3 heterocycles. The van der Waals surface area contributed by atoms with E-state index in [9.17, 15) is 0 Å². The molecule has 0 unspecified atom stereocenters. The summed E-state index contributed by atoms with van der Waals surface area (Å²) >= 11 is 0. The zero-order chi connectivity index (χ0) is 21.1. The maximum Gasteiger partial charge on any atom is 0.371 e. The van der Waals surface area contributed by atoms with Crippen molar-refractivity contribution < 1.29 is 8.83 Å². The minimum atomic E-state index is -0.116. The molecule has 0 amide bonds. The Bertz CT molecular complexity index is 1580. The first-order valence-corrected chi connectivity index (χ1v) is 10.8. The number of para-hydroxylation sites is 3. The monoisotopic (exact) mass is 411 g/mol. The van der Waals surface area contributed by atoms with Gasteiger partial charge in [-0.05, 0) is 35.8 Å². The Morgan fingerprint density at radius 1 is 0.562 bits per heavy atom. The van der Waals surface area contributed by atoms with Gasteiger partial charge in [-0.3, -0.25) is 0 Å². The summed E-state index contributed by atoms with van der Waals surface area (Å²) in [6, 6.07) is 37.6. The van der Waals surface area contributed by atoms with Crippen LogP contribution in [0.2, 0.25) is 0 Å². The summed E-state index contributed by atoms with van der Waals surface area (Å²) in [6.07, 6.45) is 0. The zero-order valence-electron chi connectivity index (χ0n) is 17.2. The van der Waals surface area contributed by atoms with Gasteiger partial charge in [0.15, 0.2) is 5.76 Å². The Kier molecular flexibility index (Phi) is 3.64. The first-order valence-electron chi connectivity index (χ1n) is 10.8. The Hall–Kier alpha value is -4.18. The van der Waals surface area contributed by atoms with Crippen molar-refractivity contribution in [3.8, 4) is 11.3 Å². The molecule has 0 saturated heterocycles. The van der Waals surface area contributed by atoms with Gasteiger partial charge in [-0.2, -0.15) is 0 Å². The highest BCUT2D eigenvalue weighted by Crippen LogP contribution is 2.48. The molecule has 0 saturated carbocycles. The number of rotatable bonds is 2. The molecule has 0 fully saturated rings. The van der Waals surface area contributed by atoms with Crippen LogP contribution in [0, 0.1) is 0 Å². The van der Waals surface area contributed by atoms with Crippen molar-refractivity contribution in [3.05, 3.63) is 109 Å². The van der Waals surface area contributed by atoms with Crippen molar-refractivity contribution >= 4 is 51.3 Å². The summed E-state index contributed by atoms with van der Waals surface area (Å²) < 4.78 is 13.1. The molecule has 0 atom stereocenters. The molecule has 0 radical (unpaired) electrons. The standard InChI is InChI=1S/C28H18BNO2/c1-3-11-19(12-4-1)29-28-25(21-15-7-9-17-23(21)32-28)27-26(22-16-8-10-18-24(22)31-27)30(29)20-13-5-2-6-14-20/h1-18H. The Morgan fingerprint density at radius 2 is 1.16 bits per heavy atom. The highest BCUT2D eigenvalue weighted by molar-refractivity contribution is 6.90. The maximum absolute atomic E-state index is 6.56. The number of benzene rings is 4. The molecule has 3 nitrogen and oxygen atoms in total. The van der Waals surface area contributed by atoms with E-state index in [1.165, 1.54) is 5.46 Å². The summed E-state index contributed by atoms with van der Waals surface area (Å²) in [7, 11) is 0. The zero-order valence-corrected chi connectivity index (χ0v) is 17.2. The Balaban J connectivity index is 1.66. The van der Waals surface area contributed by atoms with E-state index in [4.69, 9.17) is 8.83 Å². The molecule has 7 rings (SSSR count). The predicted octanol–water partition coefficient (Wildman–Crippen LogP) is 6.10. The van der Waals surface area contributed by atoms with E-state index < -0.39 is 0 Å². The van der Waals surface area contributed by atoms with Crippen LogP contribution < -0.4 is 15.9 Å². The van der Waals surface area contributed by atoms with Crippen molar-refractivity contribution in [1.29, 1.82) is 0 Å². The second-order valence-electron chi connectivity index (χ2n) is 8.13. The lowest BCUT2D eigenvalue weighted by Gasteiger charge is -2.34. The molecule has 4 aromatic carbocycles. The van der Waals surface area contributed by atoms with Crippen molar-refractivity contribution in [3.63, 3.8) is 0 Å². The average Bonchev–Trinajstić information content (AvgIpc) is 3.43. The van der Waals surface area contributed by atoms with E-state index in [2.05, 4.69) is 83.7 Å². The van der Waals surface area contributed by atoms with Gasteiger partial charge < -0.3 is 13.6 Å². The lowest BCUT2D eigenvalue weighted by atomic mass is 9.49. The van der Waals surface area contributed by atoms with Crippen molar-refractivity contribution in [2.24, 2.45) is 0 Å². The minimum absolute atomic E-state index is 0.116. The highest BCUT2D eigenvalue weighted by atomic mass is 16.4. The van der Waals surface area contributed by atoms with Crippen LogP contribution in [0.15, 0.2) is 118 Å². The lowest BCUT2D eigenvalue weighted by Crippen LogP contribution is -2.56. The second-order valence-corrected chi connectivity index (χ2v) is 8.13. The van der Waals surface area contributed by atoms with E-state index in [0.717, 1.165) is 50.3 Å². The van der Waals surface area contributed by atoms with Crippen LogP contribution in [0.5, 0.6) is 0 Å². The molecule has 1 aliphatic rings. The predicted molar refractivity (Wildman–Crippen MR) is 131 cm³/mol. The van der Waals surface area contributed by atoms with Gasteiger partial charge >= 0.3 is 6.85 Å². The first-order chi connectivity index (χ1) is 15.9. The highest BCUT2D eigenvalue weighted by Gasteiger charge is 2.44. The lowest BCUT2D eigenvalue weighted by molar-refractivity contribution is 0.623. The van der Waals surface area contributed by atoms with Gasteiger partial charge in [0.2, 0.25) is 0 Å². The molecule has 32 heavy (non-hydrogen) atoms. The van der Waals surface area contributed by atoms with Gasteiger partial charge in [0.05, 0.1) is 11.3 Å². The summed E-state index contributed by atoms with van der Waals surface area (Å²) in [5.74, 6) is 0.863. The van der Waals surface area contributed by atoms with E-state index in [0.29, 0.717) is 0 Å². The molecular weight excluding hydrogens is 393 g/mol. The number of furan rings is 2. The molecule has 1 aliphatic heterocycles. The fourth-order valence-electron chi connectivity index (χ4n) is 4.98. The fraction of sp³-hybridized carbons (Fsp3) is 0. The van der Waals surface area contributed by atoms with Crippen LogP contribution in [0.25, 0.3) is 33.3 Å². The third-order valence-electron chi connectivity index (χ3n) is 6.32. The van der Waals surface area contributed by atoms with Gasteiger partial charge in [-0.25, -0.2) is 0 Å². The van der Waals surface area contributed by atoms with Crippen LogP contribution in [-0.2, 0) is 0 Å². The number of fused-ring (bicyclic) bond motifs is 7. The first kappa shape index (κ1) is 17.5. The van der Waals surface area contributed by atoms with E-state index in [1.807, 2.05) is 30.3 Å². The normalized spacial score (nSPS) is 12.9. The molecular formula is C28H18BNO2. The maximum atomic E-state index is 6.56. The van der Waals surface area contributed by atoms with Gasteiger partial charge in [0, 0.05) is 16.5 Å².